The maximum atomic E-state index is 12.6. The number of aryl methyl sites for hydroxylation is 2. The molecule has 1 heterocycles. The Hall–Kier alpha value is -3.13. The summed E-state index contributed by atoms with van der Waals surface area (Å²) in [6.07, 6.45) is 0.924. The van der Waals surface area contributed by atoms with Crippen LogP contribution in [0.4, 0.5) is 0 Å². The van der Waals surface area contributed by atoms with Crippen molar-refractivity contribution in [3.63, 3.8) is 0 Å². The average molecular weight is 457 g/mol. The zero-order chi connectivity index (χ0) is 23.1. The molecule has 3 aromatic rings. The van der Waals surface area contributed by atoms with Crippen LogP contribution in [0.1, 0.15) is 35.9 Å². The third kappa shape index (κ3) is 6.43. The standard InChI is InChI=1S/C24H28N2O5S/c1-4-13-30-20-11-9-19(10-12-20)14-25-23(27)16-32(28,29)15-22-18(3)31-24(26-22)21-8-6-5-7-17(21)2/h5-12H,4,13-16H2,1-3H3,(H,25,27). The second kappa shape index (κ2) is 10.5. The summed E-state index contributed by atoms with van der Waals surface area (Å²) in [5.41, 5.74) is 2.96. The van der Waals surface area contributed by atoms with E-state index in [-0.39, 0.29) is 12.3 Å². The molecule has 0 aliphatic heterocycles. The third-order valence-corrected chi connectivity index (χ3v) is 6.28. The highest BCUT2D eigenvalue weighted by atomic mass is 32.2. The highest BCUT2D eigenvalue weighted by Crippen LogP contribution is 2.25. The van der Waals surface area contributed by atoms with Crippen molar-refractivity contribution in [2.24, 2.45) is 0 Å². The lowest BCUT2D eigenvalue weighted by atomic mass is 10.1. The van der Waals surface area contributed by atoms with E-state index in [9.17, 15) is 13.2 Å². The number of amides is 1. The summed E-state index contributed by atoms with van der Waals surface area (Å²) in [4.78, 5) is 16.6. The Balaban J connectivity index is 1.57. The minimum atomic E-state index is -3.71. The molecule has 0 fully saturated rings. The predicted octanol–water partition coefficient (Wildman–Crippen LogP) is 3.98. The number of oxazole rings is 1. The molecule has 3 rings (SSSR count). The topological polar surface area (TPSA) is 98.5 Å². The normalized spacial score (nSPS) is 11.3. The first kappa shape index (κ1) is 23.5. The molecule has 0 aliphatic carbocycles. The number of benzene rings is 2. The lowest BCUT2D eigenvalue weighted by Gasteiger charge is -2.08. The van der Waals surface area contributed by atoms with E-state index in [2.05, 4.69) is 10.3 Å². The van der Waals surface area contributed by atoms with Gasteiger partial charge in [-0.1, -0.05) is 37.3 Å². The van der Waals surface area contributed by atoms with Crippen molar-refractivity contribution in [3.05, 3.63) is 71.1 Å². The lowest BCUT2D eigenvalue weighted by molar-refractivity contribution is -0.118. The summed E-state index contributed by atoms with van der Waals surface area (Å²) < 4.78 is 36.4. The van der Waals surface area contributed by atoms with E-state index in [4.69, 9.17) is 9.15 Å². The quantitative estimate of drug-likeness (QED) is 0.496. The average Bonchev–Trinajstić information content (AvgIpc) is 3.10. The van der Waals surface area contributed by atoms with E-state index < -0.39 is 21.5 Å². The van der Waals surface area contributed by atoms with Gasteiger partial charge in [-0.15, -0.1) is 0 Å². The van der Waals surface area contributed by atoms with Crippen molar-refractivity contribution in [2.75, 3.05) is 12.4 Å². The van der Waals surface area contributed by atoms with Crippen molar-refractivity contribution in [3.8, 4) is 17.2 Å². The van der Waals surface area contributed by atoms with Gasteiger partial charge in [-0.3, -0.25) is 4.79 Å². The SMILES string of the molecule is CCCOc1ccc(CNC(=O)CS(=O)(=O)Cc2nc(-c3ccccc3C)oc2C)cc1. The number of aromatic nitrogens is 1. The summed E-state index contributed by atoms with van der Waals surface area (Å²) in [5, 5.41) is 2.65. The van der Waals surface area contributed by atoms with Gasteiger partial charge in [0, 0.05) is 12.1 Å². The molecule has 1 amide bonds. The van der Waals surface area contributed by atoms with E-state index in [0.29, 0.717) is 24.0 Å². The highest BCUT2D eigenvalue weighted by molar-refractivity contribution is 7.91. The van der Waals surface area contributed by atoms with E-state index >= 15 is 0 Å². The Bertz CT molecular complexity index is 1170. The second-order valence-corrected chi connectivity index (χ2v) is 9.70. The van der Waals surface area contributed by atoms with Crippen LogP contribution >= 0.6 is 0 Å². The van der Waals surface area contributed by atoms with Crippen LogP contribution in [0.25, 0.3) is 11.5 Å². The molecule has 7 nitrogen and oxygen atoms in total. The summed E-state index contributed by atoms with van der Waals surface area (Å²) in [7, 11) is -3.71. The number of nitrogens with one attached hydrogen (secondary N) is 1. The number of carbonyl (C=O) groups excluding carboxylic acids is 1. The Morgan fingerprint density at radius 1 is 1.09 bits per heavy atom. The van der Waals surface area contributed by atoms with Gasteiger partial charge < -0.3 is 14.5 Å². The molecule has 0 atom stereocenters. The summed E-state index contributed by atoms with van der Waals surface area (Å²) in [6.45, 7) is 6.52. The molecule has 170 valence electrons. The Morgan fingerprint density at radius 2 is 1.81 bits per heavy atom. The molecule has 0 bridgehead atoms. The first-order chi connectivity index (χ1) is 15.3. The van der Waals surface area contributed by atoms with Gasteiger partial charge >= 0.3 is 0 Å². The van der Waals surface area contributed by atoms with Gasteiger partial charge in [-0.2, -0.15) is 0 Å². The van der Waals surface area contributed by atoms with E-state index in [1.165, 1.54) is 0 Å². The molecule has 1 N–H and O–H groups in total. The molecular formula is C24H28N2O5S. The molecule has 2 aromatic carbocycles. The third-order valence-electron chi connectivity index (χ3n) is 4.86. The van der Waals surface area contributed by atoms with Gasteiger partial charge in [-0.25, -0.2) is 13.4 Å². The fourth-order valence-corrected chi connectivity index (χ4v) is 4.41. The minimum Gasteiger partial charge on any atom is -0.494 e. The zero-order valence-corrected chi connectivity index (χ0v) is 19.4. The van der Waals surface area contributed by atoms with Crippen LogP contribution in [0, 0.1) is 13.8 Å². The molecule has 32 heavy (non-hydrogen) atoms. The molecule has 0 unspecified atom stereocenters. The van der Waals surface area contributed by atoms with E-state index in [1.807, 2.05) is 62.4 Å². The Morgan fingerprint density at radius 3 is 2.50 bits per heavy atom. The van der Waals surface area contributed by atoms with Crippen molar-refractivity contribution in [1.29, 1.82) is 0 Å². The van der Waals surface area contributed by atoms with Crippen LogP contribution in [0.2, 0.25) is 0 Å². The number of hydrogen-bond acceptors (Lipinski definition) is 6. The molecule has 0 spiro atoms. The summed E-state index contributed by atoms with van der Waals surface area (Å²) in [5.74, 6) is 0.0373. The van der Waals surface area contributed by atoms with Gasteiger partial charge in [0.05, 0.1) is 18.1 Å². The predicted molar refractivity (Wildman–Crippen MR) is 123 cm³/mol. The Labute approximate surface area is 188 Å². The summed E-state index contributed by atoms with van der Waals surface area (Å²) >= 11 is 0. The van der Waals surface area contributed by atoms with Crippen LogP contribution in [0.15, 0.2) is 52.9 Å². The number of ether oxygens (including phenoxy) is 1. The molecule has 1 aromatic heterocycles. The molecule has 0 saturated heterocycles. The lowest BCUT2D eigenvalue weighted by Crippen LogP contribution is -2.30. The van der Waals surface area contributed by atoms with Crippen molar-refractivity contribution < 1.29 is 22.4 Å². The molecule has 0 aliphatic rings. The van der Waals surface area contributed by atoms with Crippen molar-refractivity contribution in [1.82, 2.24) is 10.3 Å². The largest absolute Gasteiger partial charge is 0.494 e. The number of nitrogens with zero attached hydrogens (tertiary/aromatic N) is 1. The van der Waals surface area contributed by atoms with Crippen molar-refractivity contribution >= 4 is 15.7 Å². The highest BCUT2D eigenvalue weighted by Gasteiger charge is 2.22. The zero-order valence-electron chi connectivity index (χ0n) is 18.6. The van der Waals surface area contributed by atoms with Gasteiger partial charge in [0.15, 0.2) is 9.84 Å². The van der Waals surface area contributed by atoms with Gasteiger partial charge in [0.2, 0.25) is 11.8 Å². The fraction of sp³-hybridized carbons (Fsp3) is 0.333. The maximum Gasteiger partial charge on any atom is 0.235 e. The Kier molecular flexibility index (Phi) is 7.69. The van der Waals surface area contributed by atoms with Crippen LogP contribution in [-0.2, 0) is 26.9 Å². The minimum absolute atomic E-state index is 0.239. The van der Waals surface area contributed by atoms with Crippen LogP contribution < -0.4 is 10.1 Å². The number of sulfone groups is 1. The van der Waals surface area contributed by atoms with Crippen LogP contribution in [0.5, 0.6) is 5.75 Å². The van der Waals surface area contributed by atoms with E-state index in [1.54, 1.807) is 6.92 Å². The summed E-state index contributed by atoms with van der Waals surface area (Å²) in [6, 6.07) is 14.9. The number of rotatable bonds is 10. The van der Waals surface area contributed by atoms with Gasteiger partial charge in [0.1, 0.15) is 17.3 Å². The van der Waals surface area contributed by atoms with Crippen molar-refractivity contribution in [2.45, 2.75) is 39.5 Å². The monoisotopic (exact) mass is 456 g/mol. The van der Waals surface area contributed by atoms with Gasteiger partial charge in [-0.05, 0) is 49.6 Å². The number of hydrogen-bond donors (Lipinski definition) is 1. The van der Waals surface area contributed by atoms with Crippen LogP contribution in [0.3, 0.4) is 0 Å². The van der Waals surface area contributed by atoms with Gasteiger partial charge in [0.25, 0.3) is 0 Å². The molecule has 0 radical (unpaired) electrons. The number of carbonyl (C=O) groups is 1. The fourth-order valence-electron chi connectivity index (χ4n) is 3.12. The first-order valence-corrected chi connectivity index (χ1v) is 12.3. The maximum absolute atomic E-state index is 12.6. The molecule has 8 heteroatoms. The molecular weight excluding hydrogens is 428 g/mol. The van der Waals surface area contributed by atoms with E-state index in [0.717, 1.165) is 28.9 Å². The molecule has 0 saturated carbocycles. The first-order valence-electron chi connectivity index (χ1n) is 10.5. The van der Waals surface area contributed by atoms with Crippen LogP contribution in [-0.4, -0.2) is 31.7 Å². The smallest absolute Gasteiger partial charge is 0.235 e. The second-order valence-electron chi connectivity index (χ2n) is 7.64.